The summed E-state index contributed by atoms with van der Waals surface area (Å²) in [6.45, 7) is 3.97. The van der Waals surface area contributed by atoms with Crippen molar-refractivity contribution in [3.8, 4) is 0 Å². The summed E-state index contributed by atoms with van der Waals surface area (Å²) in [5, 5.41) is 14.2. The third-order valence-corrected chi connectivity index (χ3v) is 4.98. The van der Waals surface area contributed by atoms with Crippen LogP contribution in [0.25, 0.3) is 11.0 Å². The zero-order valence-electron chi connectivity index (χ0n) is 14.4. The van der Waals surface area contributed by atoms with Crippen LogP contribution in [0.5, 0.6) is 0 Å². The molecule has 0 spiro atoms. The molecule has 4 rings (SSSR count). The van der Waals surface area contributed by atoms with Crippen LogP contribution in [0.1, 0.15) is 42.0 Å². The van der Waals surface area contributed by atoms with Crippen LogP contribution in [-0.2, 0) is 12.8 Å². The number of H-pyrrole nitrogens is 1. The number of rotatable bonds is 3. The van der Waals surface area contributed by atoms with Crippen molar-refractivity contribution in [1.29, 1.82) is 0 Å². The van der Waals surface area contributed by atoms with Gasteiger partial charge in [0.25, 0.3) is 0 Å². The van der Waals surface area contributed by atoms with Gasteiger partial charge in [-0.3, -0.25) is 5.10 Å². The Kier molecular flexibility index (Phi) is 3.95. The number of fused-ring (bicyclic) bond motifs is 2. The Bertz CT molecular complexity index is 911. The van der Waals surface area contributed by atoms with Crippen LogP contribution in [-0.4, -0.2) is 22.3 Å². The molecule has 0 bridgehead atoms. The SMILES string of the molecule is Cc1c(C(C)NC(=O)NC2CCc3cn[nH]c3C2)oc2ccccc12. The quantitative estimate of drug-likeness (QED) is 0.684. The largest absolute Gasteiger partial charge is 0.459 e. The topological polar surface area (TPSA) is 83.0 Å². The molecule has 2 amide bonds. The van der Waals surface area contributed by atoms with Gasteiger partial charge in [0.15, 0.2) is 0 Å². The summed E-state index contributed by atoms with van der Waals surface area (Å²) in [6.07, 6.45) is 4.53. The summed E-state index contributed by atoms with van der Waals surface area (Å²) in [7, 11) is 0. The molecule has 6 nitrogen and oxygen atoms in total. The van der Waals surface area contributed by atoms with Crippen molar-refractivity contribution in [3.63, 3.8) is 0 Å². The molecule has 3 aromatic rings. The number of aromatic nitrogens is 2. The lowest BCUT2D eigenvalue weighted by Crippen LogP contribution is -2.45. The van der Waals surface area contributed by atoms with Gasteiger partial charge in [0.1, 0.15) is 11.3 Å². The average Bonchev–Trinajstić information content (AvgIpc) is 3.19. The average molecular weight is 338 g/mol. The van der Waals surface area contributed by atoms with E-state index in [1.807, 2.05) is 44.3 Å². The molecule has 0 saturated carbocycles. The van der Waals surface area contributed by atoms with Gasteiger partial charge in [-0.1, -0.05) is 18.2 Å². The maximum absolute atomic E-state index is 12.4. The van der Waals surface area contributed by atoms with E-state index in [9.17, 15) is 4.79 Å². The molecule has 130 valence electrons. The molecule has 1 aliphatic carbocycles. The Labute approximate surface area is 146 Å². The molecular weight excluding hydrogens is 316 g/mol. The smallest absolute Gasteiger partial charge is 0.315 e. The van der Waals surface area contributed by atoms with Gasteiger partial charge in [-0.2, -0.15) is 5.10 Å². The van der Waals surface area contributed by atoms with Crippen molar-refractivity contribution >= 4 is 17.0 Å². The zero-order chi connectivity index (χ0) is 17.4. The van der Waals surface area contributed by atoms with Crippen LogP contribution in [0.15, 0.2) is 34.9 Å². The van der Waals surface area contributed by atoms with E-state index in [1.54, 1.807) is 0 Å². The number of para-hydroxylation sites is 1. The van der Waals surface area contributed by atoms with Crippen LogP contribution in [0, 0.1) is 6.92 Å². The Hall–Kier alpha value is -2.76. The Morgan fingerprint density at radius 2 is 2.24 bits per heavy atom. The maximum atomic E-state index is 12.4. The van der Waals surface area contributed by atoms with Crippen molar-refractivity contribution in [2.45, 2.75) is 45.2 Å². The number of hydrogen-bond donors (Lipinski definition) is 3. The molecule has 0 radical (unpaired) electrons. The molecule has 2 atom stereocenters. The molecule has 1 aliphatic rings. The van der Waals surface area contributed by atoms with Crippen LogP contribution in [0.2, 0.25) is 0 Å². The second kappa shape index (κ2) is 6.27. The Morgan fingerprint density at radius 3 is 3.08 bits per heavy atom. The first-order valence-corrected chi connectivity index (χ1v) is 8.68. The predicted molar refractivity (Wildman–Crippen MR) is 95.4 cm³/mol. The molecule has 1 aromatic carbocycles. The molecule has 25 heavy (non-hydrogen) atoms. The lowest BCUT2D eigenvalue weighted by atomic mass is 9.94. The molecule has 0 fully saturated rings. The third-order valence-electron chi connectivity index (χ3n) is 4.98. The van der Waals surface area contributed by atoms with Gasteiger partial charge in [-0.25, -0.2) is 4.79 Å². The molecule has 0 saturated heterocycles. The maximum Gasteiger partial charge on any atom is 0.315 e. The monoisotopic (exact) mass is 338 g/mol. The van der Waals surface area contributed by atoms with E-state index in [4.69, 9.17) is 4.42 Å². The lowest BCUT2D eigenvalue weighted by molar-refractivity contribution is 0.231. The van der Waals surface area contributed by atoms with Gasteiger partial charge in [-0.05, 0) is 38.3 Å². The van der Waals surface area contributed by atoms with Crippen LogP contribution in [0.3, 0.4) is 0 Å². The first-order valence-electron chi connectivity index (χ1n) is 8.68. The second-order valence-electron chi connectivity index (χ2n) is 6.74. The van der Waals surface area contributed by atoms with Crippen molar-refractivity contribution in [2.75, 3.05) is 0 Å². The number of aromatic amines is 1. The molecule has 2 heterocycles. The van der Waals surface area contributed by atoms with Crippen molar-refractivity contribution in [3.05, 3.63) is 53.0 Å². The number of carbonyl (C=O) groups excluding carboxylic acids is 1. The fourth-order valence-corrected chi connectivity index (χ4v) is 3.63. The van der Waals surface area contributed by atoms with Gasteiger partial charge in [-0.15, -0.1) is 0 Å². The van der Waals surface area contributed by atoms with Gasteiger partial charge in [0, 0.05) is 29.1 Å². The van der Waals surface area contributed by atoms with Crippen molar-refractivity contribution in [1.82, 2.24) is 20.8 Å². The summed E-state index contributed by atoms with van der Waals surface area (Å²) >= 11 is 0. The van der Waals surface area contributed by atoms with Crippen LogP contribution >= 0.6 is 0 Å². The van der Waals surface area contributed by atoms with Gasteiger partial charge in [0.2, 0.25) is 0 Å². The van der Waals surface area contributed by atoms with Gasteiger partial charge >= 0.3 is 6.03 Å². The minimum absolute atomic E-state index is 0.122. The normalized spacial score (nSPS) is 17.9. The summed E-state index contributed by atoms with van der Waals surface area (Å²) in [6, 6.07) is 7.69. The first-order chi connectivity index (χ1) is 12.1. The highest BCUT2D eigenvalue weighted by atomic mass is 16.3. The minimum atomic E-state index is -0.196. The fourth-order valence-electron chi connectivity index (χ4n) is 3.63. The molecule has 6 heteroatoms. The zero-order valence-corrected chi connectivity index (χ0v) is 14.4. The van der Waals surface area contributed by atoms with Crippen LogP contribution in [0.4, 0.5) is 4.79 Å². The van der Waals surface area contributed by atoms with E-state index >= 15 is 0 Å². The number of amides is 2. The summed E-state index contributed by atoms with van der Waals surface area (Å²) < 4.78 is 5.93. The standard InChI is InChI=1S/C19H22N4O2/c1-11-15-5-3-4-6-17(15)25-18(11)12(2)21-19(24)22-14-8-7-13-10-20-23-16(13)9-14/h3-6,10,12,14H,7-9H2,1-2H3,(H,20,23)(H2,21,22,24). The molecule has 2 unspecified atom stereocenters. The number of furan rings is 1. The number of nitrogens with zero attached hydrogens (tertiary/aromatic N) is 1. The third kappa shape index (κ3) is 2.99. The number of carbonyl (C=O) groups is 1. The number of aryl methyl sites for hydroxylation is 2. The summed E-state index contributed by atoms with van der Waals surface area (Å²) in [4.78, 5) is 12.4. The predicted octanol–water partition coefficient (Wildman–Crippen LogP) is 3.38. The van der Waals surface area contributed by atoms with Crippen molar-refractivity contribution in [2.24, 2.45) is 0 Å². The molecule has 0 aliphatic heterocycles. The Morgan fingerprint density at radius 1 is 1.40 bits per heavy atom. The van der Waals surface area contributed by atoms with Gasteiger partial charge in [0.05, 0.1) is 12.2 Å². The van der Waals surface area contributed by atoms with Crippen LogP contribution < -0.4 is 10.6 Å². The van der Waals surface area contributed by atoms with Crippen molar-refractivity contribution < 1.29 is 9.21 Å². The Balaban J connectivity index is 1.41. The van der Waals surface area contributed by atoms with E-state index in [1.165, 1.54) is 5.56 Å². The lowest BCUT2D eigenvalue weighted by Gasteiger charge is -2.24. The highest BCUT2D eigenvalue weighted by molar-refractivity contribution is 5.82. The first kappa shape index (κ1) is 15.7. The second-order valence-corrected chi connectivity index (χ2v) is 6.74. The number of nitrogens with one attached hydrogen (secondary N) is 3. The summed E-state index contributed by atoms with van der Waals surface area (Å²) in [5.74, 6) is 0.802. The minimum Gasteiger partial charge on any atom is -0.459 e. The number of urea groups is 1. The number of benzene rings is 1. The van der Waals surface area contributed by atoms with E-state index in [2.05, 4.69) is 20.8 Å². The highest BCUT2D eigenvalue weighted by Gasteiger charge is 2.23. The van der Waals surface area contributed by atoms with E-state index < -0.39 is 0 Å². The fraction of sp³-hybridized carbons (Fsp3) is 0.368. The molecular formula is C19H22N4O2. The summed E-state index contributed by atoms with van der Waals surface area (Å²) in [5.41, 5.74) is 4.30. The van der Waals surface area contributed by atoms with E-state index in [0.717, 1.165) is 47.2 Å². The highest BCUT2D eigenvalue weighted by Crippen LogP contribution is 2.29. The van der Waals surface area contributed by atoms with Gasteiger partial charge < -0.3 is 15.1 Å². The van der Waals surface area contributed by atoms with E-state index in [-0.39, 0.29) is 18.1 Å². The van der Waals surface area contributed by atoms with E-state index in [0.29, 0.717) is 0 Å². The molecule has 3 N–H and O–H groups in total. The molecule has 2 aromatic heterocycles. The number of hydrogen-bond acceptors (Lipinski definition) is 3.